The van der Waals surface area contributed by atoms with Gasteiger partial charge in [-0.05, 0) is 51.4 Å². The molecular weight excluding hydrogens is 693 g/mol. The summed E-state index contributed by atoms with van der Waals surface area (Å²) in [5.41, 5.74) is 0. The maximum absolute atomic E-state index is 12.2. The normalized spacial score (nSPS) is 12.4. The first-order valence-electron chi connectivity index (χ1n) is 24.5. The van der Waals surface area contributed by atoms with Crippen LogP contribution in [0.2, 0.25) is 0 Å². The summed E-state index contributed by atoms with van der Waals surface area (Å²) in [6.45, 7) is 4.12. The lowest BCUT2D eigenvalue weighted by Crippen LogP contribution is -2.28. The number of carbonyl (C=O) groups is 2. The van der Waals surface area contributed by atoms with Crippen LogP contribution in [-0.4, -0.2) is 36.4 Å². The molecule has 0 aromatic rings. The lowest BCUT2D eigenvalue weighted by molar-refractivity contribution is -0.161. The van der Waals surface area contributed by atoms with E-state index < -0.39 is 6.10 Å². The fourth-order valence-corrected chi connectivity index (χ4v) is 7.21. The van der Waals surface area contributed by atoms with Crippen LogP contribution >= 0.6 is 0 Å². The Kier molecular flexibility index (Phi) is 45.9. The lowest BCUT2D eigenvalue weighted by atomic mass is 10.0. The second-order valence-corrected chi connectivity index (χ2v) is 16.5. The quantitative estimate of drug-likeness (QED) is 0.0378. The highest BCUT2D eigenvalue weighted by Gasteiger charge is 2.16. The van der Waals surface area contributed by atoms with Crippen molar-refractivity contribution in [3.8, 4) is 0 Å². The Morgan fingerprint density at radius 1 is 0.411 bits per heavy atom. The van der Waals surface area contributed by atoms with E-state index in [1.165, 1.54) is 180 Å². The van der Waals surface area contributed by atoms with Gasteiger partial charge in [0.15, 0.2) is 6.10 Å². The predicted molar refractivity (Wildman–Crippen MR) is 242 cm³/mol. The van der Waals surface area contributed by atoms with Crippen LogP contribution < -0.4 is 0 Å². The van der Waals surface area contributed by atoms with E-state index in [9.17, 15) is 14.7 Å². The number of carbonyl (C=O) groups excluding carboxylic acids is 2. The zero-order valence-electron chi connectivity index (χ0n) is 37.4. The van der Waals surface area contributed by atoms with Crippen LogP contribution in [0.1, 0.15) is 258 Å². The summed E-state index contributed by atoms with van der Waals surface area (Å²) in [6.07, 6.45) is 59.7. The summed E-state index contributed by atoms with van der Waals surface area (Å²) >= 11 is 0. The third-order valence-electron chi connectivity index (χ3n) is 10.9. The lowest BCUT2D eigenvalue weighted by Gasteiger charge is -2.15. The Bertz CT molecular complexity index is 893. The SMILES string of the molecule is CCCCCCC/C=C\C/C=C\C/C=C\CCCCCCCCCCCCCCCCCCCCC(=O)OC(CO)COC(=O)CCCCCCCCCCC. The van der Waals surface area contributed by atoms with Gasteiger partial charge in [-0.25, -0.2) is 0 Å². The van der Waals surface area contributed by atoms with Crippen LogP contribution in [0, 0.1) is 0 Å². The molecule has 1 N–H and O–H groups in total. The standard InChI is InChI=1S/C51H94O5/c1-3-5-7-9-11-13-14-15-16-17-18-19-20-21-22-23-24-25-26-27-28-29-30-31-32-33-34-35-36-38-40-42-44-46-51(54)56-49(47-52)48-55-50(53)45-43-41-39-37-12-10-8-6-4-2/h14-15,17-18,20-21,49,52H,3-13,16,19,22-48H2,1-2H3/b15-14-,18-17-,21-20-. The van der Waals surface area contributed by atoms with Crippen molar-refractivity contribution in [1.82, 2.24) is 0 Å². The molecular formula is C51H94O5. The zero-order chi connectivity index (χ0) is 40.7. The number of hydrogen-bond donors (Lipinski definition) is 1. The van der Waals surface area contributed by atoms with Crippen LogP contribution in [0.4, 0.5) is 0 Å². The van der Waals surface area contributed by atoms with E-state index in [1.54, 1.807) is 0 Å². The summed E-state index contributed by atoms with van der Waals surface area (Å²) in [4.78, 5) is 24.2. The highest BCUT2D eigenvalue weighted by atomic mass is 16.6. The monoisotopic (exact) mass is 787 g/mol. The van der Waals surface area contributed by atoms with Gasteiger partial charge in [0.1, 0.15) is 6.61 Å². The third kappa shape index (κ3) is 44.8. The van der Waals surface area contributed by atoms with Crippen molar-refractivity contribution < 1.29 is 24.2 Å². The van der Waals surface area contributed by atoms with Gasteiger partial charge in [-0.15, -0.1) is 0 Å². The Hall–Kier alpha value is -1.88. The molecule has 0 aliphatic rings. The second kappa shape index (κ2) is 47.5. The van der Waals surface area contributed by atoms with Gasteiger partial charge in [0, 0.05) is 12.8 Å². The minimum Gasteiger partial charge on any atom is -0.462 e. The molecule has 0 aromatic heterocycles. The van der Waals surface area contributed by atoms with Crippen molar-refractivity contribution in [1.29, 1.82) is 0 Å². The van der Waals surface area contributed by atoms with E-state index >= 15 is 0 Å². The van der Waals surface area contributed by atoms with Crippen molar-refractivity contribution in [2.24, 2.45) is 0 Å². The van der Waals surface area contributed by atoms with E-state index in [-0.39, 0.29) is 25.2 Å². The van der Waals surface area contributed by atoms with Crippen molar-refractivity contribution in [2.45, 2.75) is 264 Å². The number of aliphatic hydroxyl groups is 1. The third-order valence-corrected chi connectivity index (χ3v) is 10.9. The number of ether oxygens (including phenoxy) is 2. The van der Waals surface area contributed by atoms with Crippen LogP contribution in [0.15, 0.2) is 36.5 Å². The summed E-state index contributed by atoms with van der Waals surface area (Å²) in [6, 6.07) is 0. The Labute approximate surface area is 348 Å². The molecule has 0 aliphatic carbocycles. The Morgan fingerprint density at radius 2 is 0.714 bits per heavy atom. The molecule has 0 bridgehead atoms. The maximum Gasteiger partial charge on any atom is 0.306 e. The number of allylic oxidation sites excluding steroid dienone is 6. The molecule has 0 radical (unpaired) electrons. The van der Waals surface area contributed by atoms with Crippen LogP contribution in [0.3, 0.4) is 0 Å². The first kappa shape index (κ1) is 54.1. The van der Waals surface area contributed by atoms with E-state index in [1.807, 2.05) is 0 Å². The molecule has 0 amide bonds. The number of esters is 2. The largest absolute Gasteiger partial charge is 0.462 e. The molecule has 0 saturated carbocycles. The fraction of sp³-hybridized carbons (Fsp3) is 0.843. The maximum atomic E-state index is 12.2. The van der Waals surface area contributed by atoms with E-state index in [0.717, 1.165) is 51.4 Å². The van der Waals surface area contributed by atoms with Crippen LogP contribution in [-0.2, 0) is 19.1 Å². The number of aliphatic hydroxyl groups excluding tert-OH is 1. The van der Waals surface area contributed by atoms with Gasteiger partial charge < -0.3 is 14.6 Å². The molecule has 0 heterocycles. The number of hydrogen-bond acceptors (Lipinski definition) is 5. The Balaban J connectivity index is 3.40. The van der Waals surface area contributed by atoms with Crippen LogP contribution in [0.5, 0.6) is 0 Å². The van der Waals surface area contributed by atoms with Gasteiger partial charge in [-0.2, -0.15) is 0 Å². The molecule has 1 atom stereocenters. The van der Waals surface area contributed by atoms with Gasteiger partial charge >= 0.3 is 11.9 Å². The van der Waals surface area contributed by atoms with Gasteiger partial charge in [-0.3, -0.25) is 9.59 Å². The van der Waals surface area contributed by atoms with E-state index in [0.29, 0.717) is 12.8 Å². The second-order valence-electron chi connectivity index (χ2n) is 16.5. The average molecular weight is 787 g/mol. The van der Waals surface area contributed by atoms with Crippen LogP contribution in [0.25, 0.3) is 0 Å². The fourth-order valence-electron chi connectivity index (χ4n) is 7.21. The average Bonchev–Trinajstić information content (AvgIpc) is 3.20. The molecule has 56 heavy (non-hydrogen) atoms. The predicted octanol–water partition coefficient (Wildman–Crippen LogP) is 16.0. The van der Waals surface area contributed by atoms with Crippen molar-refractivity contribution in [2.75, 3.05) is 13.2 Å². The highest BCUT2D eigenvalue weighted by Crippen LogP contribution is 2.16. The summed E-state index contributed by atoms with van der Waals surface area (Å²) in [5, 5.41) is 9.56. The molecule has 5 heteroatoms. The van der Waals surface area contributed by atoms with Crippen molar-refractivity contribution in [3.05, 3.63) is 36.5 Å². The molecule has 328 valence electrons. The first-order chi connectivity index (χ1) is 27.6. The zero-order valence-corrected chi connectivity index (χ0v) is 37.4. The van der Waals surface area contributed by atoms with E-state index in [2.05, 4.69) is 50.3 Å². The molecule has 0 aliphatic heterocycles. The smallest absolute Gasteiger partial charge is 0.306 e. The minimum atomic E-state index is -0.765. The van der Waals surface area contributed by atoms with Gasteiger partial charge in [0.25, 0.3) is 0 Å². The van der Waals surface area contributed by atoms with Crippen molar-refractivity contribution in [3.63, 3.8) is 0 Å². The molecule has 0 spiro atoms. The molecule has 1 unspecified atom stereocenters. The van der Waals surface area contributed by atoms with Gasteiger partial charge in [0.2, 0.25) is 0 Å². The van der Waals surface area contributed by atoms with E-state index in [4.69, 9.17) is 9.47 Å². The molecule has 0 fully saturated rings. The van der Waals surface area contributed by atoms with Crippen molar-refractivity contribution >= 4 is 11.9 Å². The Morgan fingerprint density at radius 3 is 1.07 bits per heavy atom. The number of rotatable bonds is 45. The molecule has 0 rings (SSSR count). The summed E-state index contributed by atoms with van der Waals surface area (Å²) in [5.74, 6) is -0.583. The van der Waals surface area contributed by atoms with Gasteiger partial charge in [0.05, 0.1) is 6.61 Å². The van der Waals surface area contributed by atoms with Gasteiger partial charge in [-0.1, -0.05) is 230 Å². The summed E-state index contributed by atoms with van der Waals surface area (Å²) in [7, 11) is 0. The highest BCUT2D eigenvalue weighted by molar-refractivity contribution is 5.70. The number of unbranched alkanes of at least 4 members (excludes halogenated alkanes) is 31. The molecule has 0 aromatic carbocycles. The summed E-state index contributed by atoms with van der Waals surface area (Å²) < 4.78 is 10.6. The first-order valence-corrected chi connectivity index (χ1v) is 24.5. The topological polar surface area (TPSA) is 72.8 Å². The molecule has 5 nitrogen and oxygen atoms in total. The minimum absolute atomic E-state index is 0.0612. The molecule has 0 saturated heterocycles.